The second-order valence-corrected chi connectivity index (χ2v) is 7.18. The maximum atomic E-state index is 12.2. The van der Waals surface area contributed by atoms with Gasteiger partial charge in [0.25, 0.3) is 5.91 Å². The van der Waals surface area contributed by atoms with Gasteiger partial charge in [-0.2, -0.15) is 0 Å². The number of carbonyl (C=O) groups is 2. The molecule has 2 aromatic carbocycles. The van der Waals surface area contributed by atoms with E-state index in [-0.39, 0.29) is 18.4 Å². The normalized spacial score (nSPS) is 11.7. The molecule has 0 radical (unpaired) electrons. The van der Waals surface area contributed by atoms with Gasteiger partial charge in [0, 0.05) is 6.54 Å². The Balaban J connectivity index is 1.82. The average Bonchev–Trinajstić information content (AvgIpc) is 2.70. The highest BCUT2D eigenvalue weighted by Crippen LogP contribution is 2.27. The molecule has 29 heavy (non-hydrogen) atoms. The van der Waals surface area contributed by atoms with Gasteiger partial charge < -0.3 is 19.5 Å². The standard InChI is InChI=1S/C23H29NO5/c1-15(2)20-11-6-16(3)12-21(20)28-14-22(25)29-17(4)23(26)24-13-18-7-9-19(27-5)10-8-18/h6-12,15,17H,13-14H2,1-5H3,(H,24,26)/t17-/m1/s1. The lowest BCUT2D eigenvalue weighted by molar-refractivity contribution is -0.156. The third-order valence-electron chi connectivity index (χ3n) is 4.44. The molecule has 1 atom stereocenters. The predicted molar refractivity (Wildman–Crippen MR) is 111 cm³/mol. The molecule has 0 spiro atoms. The largest absolute Gasteiger partial charge is 0.497 e. The van der Waals surface area contributed by atoms with Gasteiger partial charge >= 0.3 is 5.97 Å². The molecule has 0 aromatic heterocycles. The smallest absolute Gasteiger partial charge is 0.344 e. The van der Waals surface area contributed by atoms with Crippen LogP contribution in [0, 0.1) is 6.92 Å². The Morgan fingerprint density at radius 1 is 1.03 bits per heavy atom. The summed E-state index contributed by atoms with van der Waals surface area (Å²) < 4.78 is 15.9. The minimum atomic E-state index is -0.911. The van der Waals surface area contributed by atoms with Crippen molar-refractivity contribution in [3.63, 3.8) is 0 Å². The Morgan fingerprint density at radius 2 is 1.72 bits per heavy atom. The van der Waals surface area contributed by atoms with Gasteiger partial charge in [-0.3, -0.25) is 4.79 Å². The predicted octanol–water partition coefficient (Wildman–Crippen LogP) is 3.75. The molecule has 0 saturated heterocycles. The van der Waals surface area contributed by atoms with Crippen molar-refractivity contribution in [1.82, 2.24) is 5.32 Å². The highest BCUT2D eigenvalue weighted by Gasteiger charge is 2.18. The van der Waals surface area contributed by atoms with E-state index in [2.05, 4.69) is 19.2 Å². The van der Waals surface area contributed by atoms with Crippen molar-refractivity contribution in [2.75, 3.05) is 13.7 Å². The van der Waals surface area contributed by atoms with Gasteiger partial charge in [-0.05, 0) is 54.7 Å². The highest BCUT2D eigenvalue weighted by atomic mass is 16.6. The summed E-state index contributed by atoms with van der Waals surface area (Å²) in [6, 6.07) is 13.3. The van der Waals surface area contributed by atoms with Crippen LogP contribution < -0.4 is 14.8 Å². The molecule has 0 aliphatic heterocycles. The van der Waals surface area contributed by atoms with Crippen molar-refractivity contribution >= 4 is 11.9 Å². The molecule has 0 bridgehead atoms. The monoisotopic (exact) mass is 399 g/mol. The van der Waals surface area contributed by atoms with Crippen molar-refractivity contribution in [2.24, 2.45) is 0 Å². The Morgan fingerprint density at radius 3 is 2.34 bits per heavy atom. The first-order chi connectivity index (χ1) is 13.8. The van der Waals surface area contributed by atoms with Crippen molar-refractivity contribution < 1.29 is 23.8 Å². The molecular formula is C23H29NO5. The number of hydrogen-bond donors (Lipinski definition) is 1. The molecule has 1 N–H and O–H groups in total. The van der Waals surface area contributed by atoms with Crippen LogP contribution in [0.25, 0.3) is 0 Å². The number of carbonyl (C=O) groups excluding carboxylic acids is 2. The minimum Gasteiger partial charge on any atom is -0.497 e. The fraction of sp³-hybridized carbons (Fsp3) is 0.391. The number of nitrogens with one attached hydrogen (secondary N) is 1. The Hall–Kier alpha value is -3.02. The van der Waals surface area contributed by atoms with Crippen LogP contribution in [-0.2, 0) is 20.9 Å². The van der Waals surface area contributed by atoms with Crippen LogP contribution in [0.4, 0.5) is 0 Å². The second-order valence-electron chi connectivity index (χ2n) is 7.18. The summed E-state index contributed by atoms with van der Waals surface area (Å²) in [5, 5.41) is 2.75. The van der Waals surface area contributed by atoms with E-state index in [9.17, 15) is 9.59 Å². The third kappa shape index (κ3) is 6.82. The molecule has 0 aliphatic carbocycles. The summed E-state index contributed by atoms with van der Waals surface area (Å²) in [5.41, 5.74) is 2.99. The van der Waals surface area contributed by atoms with Crippen LogP contribution >= 0.6 is 0 Å². The molecule has 0 heterocycles. The van der Waals surface area contributed by atoms with E-state index in [4.69, 9.17) is 14.2 Å². The molecule has 6 heteroatoms. The number of aryl methyl sites for hydroxylation is 1. The van der Waals surface area contributed by atoms with Gasteiger partial charge in [0.2, 0.25) is 0 Å². The SMILES string of the molecule is COc1ccc(CNC(=O)[C@@H](C)OC(=O)COc2cc(C)ccc2C(C)C)cc1. The number of methoxy groups -OCH3 is 1. The average molecular weight is 399 g/mol. The molecular weight excluding hydrogens is 370 g/mol. The summed E-state index contributed by atoms with van der Waals surface area (Å²) in [4.78, 5) is 24.3. The molecule has 156 valence electrons. The van der Waals surface area contributed by atoms with Gasteiger partial charge in [-0.15, -0.1) is 0 Å². The van der Waals surface area contributed by atoms with Gasteiger partial charge in [0.15, 0.2) is 12.7 Å². The summed E-state index contributed by atoms with van der Waals surface area (Å²) in [6.07, 6.45) is -0.911. The lowest BCUT2D eigenvalue weighted by atomic mass is 10.0. The topological polar surface area (TPSA) is 73.9 Å². The van der Waals surface area contributed by atoms with Gasteiger partial charge in [-0.25, -0.2) is 4.79 Å². The van der Waals surface area contributed by atoms with Crippen LogP contribution in [0.15, 0.2) is 42.5 Å². The lowest BCUT2D eigenvalue weighted by Gasteiger charge is -2.16. The summed E-state index contributed by atoms with van der Waals surface area (Å²) in [7, 11) is 1.60. The zero-order valence-electron chi connectivity index (χ0n) is 17.7. The minimum absolute atomic E-state index is 0.251. The van der Waals surface area contributed by atoms with E-state index in [0.717, 1.165) is 22.4 Å². The van der Waals surface area contributed by atoms with E-state index in [1.54, 1.807) is 7.11 Å². The first kappa shape index (κ1) is 22.3. The summed E-state index contributed by atoms with van der Waals surface area (Å²) >= 11 is 0. The zero-order valence-corrected chi connectivity index (χ0v) is 17.7. The molecule has 0 saturated carbocycles. The Bertz CT molecular complexity index is 830. The second kappa shape index (κ2) is 10.5. The fourth-order valence-electron chi connectivity index (χ4n) is 2.74. The molecule has 2 aromatic rings. The zero-order chi connectivity index (χ0) is 21.4. The number of hydrogen-bond acceptors (Lipinski definition) is 5. The van der Waals surface area contributed by atoms with Crippen molar-refractivity contribution in [2.45, 2.75) is 46.3 Å². The van der Waals surface area contributed by atoms with Crippen LogP contribution in [-0.4, -0.2) is 31.7 Å². The van der Waals surface area contributed by atoms with Gasteiger partial charge in [0.1, 0.15) is 11.5 Å². The number of ether oxygens (including phenoxy) is 3. The maximum absolute atomic E-state index is 12.2. The van der Waals surface area contributed by atoms with Crippen molar-refractivity contribution in [1.29, 1.82) is 0 Å². The molecule has 0 fully saturated rings. The number of benzene rings is 2. The van der Waals surface area contributed by atoms with Crippen LogP contribution in [0.1, 0.15) is 43.4 Å². The molecule has 6 nitrogen and oxygen atoms in total. The van der Waals surface area contributed by atoms with E-state index < -0.39 is 12.1 Å². The highest BCUT2D eigenvalue weighted by molar-refractivity contribution is 5.83. The van der Waals surface area contributed by atoms with Crippen molar-refractivity contribution in [3.8, 4) is 11.5 Å². The summed E-state index contributed by atoms with van der Waals surface area (Å²) in [6.45, 7) is 7.70. The maximum Gasteiger partial charge on any atom is 0.344 e. The number of esters is 1. The van der Waals surface area contributed by atoms with E-state index in [1.807, 2.05) is 49.4 Å². The first-order valence-electron chi connectivity index (χ1n) is 9.63. The van der Waals surface area contributed by atoms with E-state index in [1.165, 1.54) is 6.92 Å². The molecule has 1 amide bonds. The number of rotatable bonds is 9. The van der Waals surface area contributed by atoms with Gasteiger partial charge in [0.05, 0.1) is 7.11 Å². The van der Waals surface area contributed by atoms with Crippen LogP contribution in [0.5, 0.6) is 11.5 Å². The fourth-order valence-corrected chi connectivity index (χ4v) is 2.74. The quantitative estimate of drug-likeness (QED) is 0.650. The Kier molecular flexibility index (Phi) is 8.07. The van der Waals surface area contributed by atoms with E-state index in [0.29, 0.717) is 12.3 Å². The molecule has 2 rings (SSSR count). The third-order valence-corrected chi connectivity index (χ3v) is 4.44. The van der Waals surface area contributed by atoms with Crippen molar-refractivity contribution in [3.05, 3.63) is 59.2 Å². The van der Waals surface area contributed by atoms with Crippen LogP contribution in [0.3, 0.4) is 0 Å². The first-order valence-corrected chi connectivity index (χ1v) is 9.63. The summed E-state index contributed by atoms with van der Waals surface area (Å²) in [5.74, 6) is 0.718. The lowest BCUT2D eigenvalue weighted by Crippen LogP contribution is -2.36. The molecule has 0 aliphatic rings. The van der Waals surface area contributed by atoms with Crippen LogP contribution in [0.2, 0.25) is 0 Å². The Labute approximate surface area is 172 Å². The molecule has 0 unspecified atom stereocenters. The van der Waals surface area contributed by atoms with Gasteiger partial charge in [-0.1, -0.05) is 38.1 Å². The number of amides is 1. The van der Waals surface area contributed by atoms with E-state index >= 15 is 0 Å².